The Hall–Kier alpha value is -9.54. The standard InChI is InChI=1S/C49H21N3O4/c1-2-3-4-5-6-7-8-9-10-11-12-13-14-15-16-17-18-19-20-21-22-23-30-35-46(54)56-39-38-55-43-36-37-44(45(53)40-43)49-51-47(41-31-26-24-27-32-41)50-48(52-49)42-33-28-25-29-34-42/h24-29,31-34,36-37,40,53H,38-39H2,1H3. The molecular formula is C49H21N3O4. The maximum absolute atomic E-state index is 11.9. The second-order valence-corrected chi connectivity index (χ2v) is 9.83. The lowest BCUT2D eigenvalue weighted by molar-refractivity contribution is -0.137. The first-order valence-corrected chi connectivity index (χ1v) is 16.1. The van der Waals surface area contributed by atoms with Crippen LogP contribution in [0.2, 0.25) is 0 Å². The van der Waals surface area contributed by atoms with E-state index in [2.05, 4.69) is 157 Å². The summed E-state index contributed by atoms with van der Waals surface area (Å²) in [5.74, 6) is 60.3. The Balaban J connectivity index is 1.21. The molecule has 0 atom stereocenters. The van der Waals surface area contributed by atoms with E-state index >= 15 is 0 Å². The van der Waals surface area contributed by atoms with Crippen LogP contribution in [-0.4, -0.2) is 39.2 Å². The van der Waals surface area contributed by atoms with Crippen molar-refractivity contribution in [1.29, 1.82) is 0 Å². The van der Waals surface area contributed by atoms with Crippen LogP contribution >= 0.6 is 0 Å². The molecule has 7 heteroatoms. The van der Waals surface area contributed by atoms with Gasteiger partial charge >= 0.3 is 5.97 Å². The number of esters is 1. The van der Waals surface area contributed by atoms with Crippen molar-refractivity contribution in [2.24, 2.45) is 0 Å². The van der Waals surface area contributed by atoms with Gasteiger partial charge in [-0.15, -0.1) is 0 Å². The molecule has 0 fully saturated rings. The number of carbonyl (C=O) groups excluding carboxylic acids is 1. The number of rotatable bonds is 7. The van der Waals surface area contributed by atoms with E-state index in [1.807, 2.05) is 60.7 Å². The van der Waals surface area contributed by atoms with Crippen molar-refractivity contribution >= 4 is 5.97 Å². The Bertz CT molecular complexity index is 2860. The minimum Gasteiger partial charge on any atom is -0.507 e. The van der Waals surface area contributed by atoms with Gasteiger partial charge in [0, 0.05) is 58.6 Å². The zero-order chi connectivity index (χ0) is 39.3. The largest absolute Gasteiger partial charge is 0.507 e. The highest BCUT2D eigenvalue weighted by Gasteiger charge is 2.15. The van der Waals surface area contributed by atoms with Gasteiger partial charge < -0.3 is 14.6 Å². The summed E-state index contributed by atoms with van der Waals surface area (Å²) in [5, 5.41) is 10.9. The fourth-order valence-corrected chi connectivity index (χ4v) is 3.82. The van der Waals surface area contributed by atoms with Gasteiger partial charge in [0.05, 0.1) is 5.56 Å². The predicted octanol–water partition coefficient (Wildman–Crippen LogP) is 4.56. The predicted molar refractivity (Wildman–Crippen MR) is 213 cm³/mol. The number of hydrogen-bond acceptors (Lipinski definition) is 7. The van der Waals surface area contributed by atoms with Crippen LogP contribution in [0.5, 0.6) is 11.5 Å². The number of ether oxygens (including phenoxy) is 2. The highest BCUT2D eigenvalue weighted by atomic mass is 16.6. The Morgan fingerprint density at radius 3 is 1.36 bits per heavy atom. The van der Waals surface area contributed by atoms with Gasteiger partial charge in [0.1, 0.15) is 24.7 Å². The normalized spacial score (nSPS) is 7.73. The molecule has 0 saturated heterocycles. The molecule has 1 heterocycles. The molecule has 256 valence electrons. The van der Waals surface area contributed by atoms with E-state index in [4.69, 9.17) is 9.47 Å². The summed E-state index contributed by atoms with van der Waals surface area (Å²) >= 11 is 0. The summed E-state index contributed by atoms with van der Waals surface area (Å²) in [5.41, 5.74) is 2.01. The molecule has 1 aromatic heterocycles. The molecule has 0 bridgehead atoms. The van der Waals surface area contributed by atoms with Gasteiger partial charge in [-0.1, -0.05) is 66.6 Å². The number of aromatic nitrogens is 3. The summed E-state index contributed by atoms with van der Waals surface area (Å²) in [6.07, 6.45) is 0. The fraction of sp³-hybridized carbons (Fsp3) is 0.0612. The minimum atomic E-state index is -0.792. The lowest BCUT2D eigenvalue weighted by atomic mass is 10.1. The van der Waals surface area contributed by atoms with Gasteiger partial charge in [-0.3, -0.25) is 0 Å². The Kier molecular flexibility index (Phi) is 16.7. The average Bonchev–Trinajstić information content (AvgIpc) is 3.23. The lowest BCUT2D eigenvalue weighted by Crippen LogP contribution is -2.10. The Labute approximate surface area is 326 Å². The first kappa shape index (κ1) is 39.2. The molecule has 0 saturated carbocycles. The zero-order valence-electron chi connectivity index (χ0n) is 29.4. The van der Waals surface area contributed by atoms with Gasteiger partial charge in [-0.05, 0) is 114 Å². The van der Waals surface area contributed by atoms with Crippen LogP contribution in [0.4, 0.5) is 0 Å². The van der Waals surface area contributed by atoms with Crippen molar-refractivity contribution in [3.63, 3.8) is 0 Å². The number of benzene rings is 3. The van der Waals surface area contributed by atoms with Crippen molar-refractivity contribution in [1.82, 2.24) is 15.0 Å². The van der Waals surface area contributed by atoms with Crippen LogP contribution in [0.1, 0.15) is 6.92 Å². The van der Waals surface area contributed by atoms with E-state index in [9.17, 15) is 9.90 Å². The van der Waals surface area contributed by atoms with Crippen LogP contribution in [0.25, 0.3) is 34.2 Å². The number of phenols is 1. The van der Waals surface area contributed by atoms with Crippen LogP contribution in [0.15, 0.2) is 78.9 Å². The van der Waals surface area contributed by atoms with Crippen molar-refractivity contribution in [3.8, 4) is 188 Å². The first-order chi connectivity index (χ1) is 27.6. The third kappa shape index (κ3) is 14.7. The van der Waals surface area contributed by atoms with Gasteiger partial charge in [0.2, 0.25) is 0 Å². The molecule has 0 spiro atoms. The van der Waals surface area contributed by atoms with Crippen molar-refractivity contribution in [2.75, 3.05) is 13.2 Å². The highest BCUT2D eigenvalue weighted by molar-refractivity contribution is 5.89. The molecule has 3 aromatic carbocycles. The number of phenolic OH excluding ortho intramolecular Hbond substituents is 1. The van der Waals surface area contributed by atoms with Gasteiger partial charge in [0.15, 0.2) is 17.5 Å². The maximum Gasteiger partial charge on any atom is 0.385 e. The van der Waals surface area contributed by atoms with E-state index in [0.29, 0.717) is 28.8 Å². The number of hydrogen-bond donors (Lipinski definition) is 1. The summed E-state index contributed by atoms with van der Waals surface area (Å²) < 4.78 is 10.7. The van der Waals surface area contributed by atoms with E-state index < -0.39 is 5.97 Å². The smallest absolute Gasteiger partial charge is 0.385 e. The molecule has 0 aliphatic rings. The first-order valence-electron chi connectivity index (χ1n) is 16.1. The molecule has 0 unspecified atom stereocenters. The molecule has 4 rings (SSSR count). The Morgan fingerprint density at radius 2 is 0.929 bits per heavy atom. The van der Waals surface area contributed by atoms with Gasteiger partial charge in [-0.2, -0.15) is 0 Å². The second kappa shape index (κ2) is 23.8. The molecule has 1 N–H and O–H groups in total. The molecule has 0 aliphatic heterocycles. The minimum absolute atomic E-state index is 0.0142. The molecular weight excluding hydrogens is 695 g/mol. The second-order valence-electron chi connectivity index (χ2n) is 9.83. The number of aromatic hydroxyl groups is 1. The Morgan fingerprint density at radius 1 is 0.518 bits per heavy atom. The summed E-state index contributed by atoms with van der Waals surface area (Å²) in [6.45, 7) is 1.61. The summed E-state index contributed by atoms with van der Waals surface area (Å²) in [6, 6.07) is 23.8. The molecule has 7 nitrogen and oxygen atoms in total. The van der Waals surface area contributed by atoms with E-state index in [0.717, 1.165) is 11.1 Å². The van der Waals surface area contributed by atoms with Crippen LogP contribution in [0, 0.1) is 142 Å². The molecule has 0 amide bonds. The number of carbonyl (C=O) groups is 1. The van der Waals surface area contributed by atoms with Gasteiger partial charge in [-0.25, -0.2) is 19.7 Å². The van der Waals surface area contributed by atoms with Crippen LogP contribution in [-0.2, 0) is 9.53 Å². The average molecular weight is 716 g/mol. The van der Waals surface area contributed by atoms with Crippen LogP contribution < -0.4 is 4.74 Å². The van der Waals surface area contributed by atoms with Crippen molar-refractivity contribution in [3.05, 3.63) is 78.9 Å². The van der Waals surface area contributed by atoms with Crippen LogP contribution in [0.3, 0.4) is 0 Å². The summed E-state index contributed by atoms with van der Waals surface area (Å²) in [4.78, 5) is 25.8. The van der Waals surface area contributed by atoms with Crippen molar-refractivity contribution in [2.45, 2.75) is 6.92 Å². The third-order valence-corrected chi connectivity index (χ3v) is 6.10. The van der Waals surface area contributed by atoms with Gasteiger partial charge in [0.25, 0.3) is 0 Å². The molecule has 56 heavy (non-hydrogen) atoms. The molecule has 0 radical (unpaired) electrons. The maximum atomic E-state index is 11.9. The summed E-state index contributed by atoms with van der Waals surface area (Å²) in [7, 11) is 0. The fourth-order valence-electron chi connectivity index (χ4n) is 3.82. The SMILES string of the molecule is CC#CC#CC#CC#CC#CC#CC#CC#CC#CC#CC#CC#CC(=O)OCCOc1ccc(-c2nc(-c3ccccc3)nc(-c3ccccc3)n2)c(O)c1. The highest BCUT2D eigenvalue weighted by Crippen LogP contribution is 2.32. The van der Waals surface area contributed by atoms with E-state index in [1.165, 1.54) is 6.07 Å². The quantitative estimate of drug-likeness (QED) is 0.130. The monoisotopic (exact) mass is 715 g/mol. The third-order valence-electron chi connectivity index (χ3n) is 6.10. The van der Waals surface area contributed by atoms with E-state index in [-0.39, 0.29) is 19.0 Å². The number of nitrogens with zero attached hydrogens (tertiary/aromatic N) is 3. The molecule has 4 aromatic rings. The van der Waals surface area contributed by atoms with Crippen molar-refractivity contribution < 1.29 is 19.4 Å². The zero-order valence-corrected chi connectivity index (χ0v) is 29.4. The van der Waals surface area contributed by atoms with E-state index in [1.54, 1.807) is 19.1 Å². The topological polar surface area (TPSA) is 94.4 Å². The molecule has 0 aliphatic carbocycles. The lowest BCUT2D eigenvalue weighted by Gasteiger charge is -2.11.